The van der Waals surface area contributed by atoms with E-state index in [1.54, 1.807) is 18.3 Å². The second kappa shape index (κ2) is 7.61. The molecule has 0 saturated carbocycles. The predicted octanol–water partition coefficient (Wildman–Crippen LogP) is 4.33. The van der Waals surface area contributed by atoms with Gasteiger partial charge in [-0.25, -0.2) is 4.79 Å². The first-order valence-electron chi connectivity index (χ1n) is 7.85. The fourth-order valence-corrected chi connectivity index (χ4v) is 3.03. The number of amides is 1. The number of anilines is 1. The number of hydrogen-bond donors (Lipinski definition) is 0. The maximum atomic E-state index is 12.9. The highest BCUT2D eigenvalue weighted by Gasteiger charge is 2.22. The molecular formula is C19H17BrN2O4. The van der Waals surface area contributed by atoms with Gasteiger partial charge in [0, 0.05) is 22.1 Å². The van der Waals surface area contributed by atoms with Crippen LogP contribution in [0.5, 0.6) is 0 Å². The van der Waals surface area contributed by atoms with Crippen LogP contribution < -0.4 is 4.90 Å². The van der Waals surface area contributed by atoms with Crippen LogP contribution in [-0.2, 0) is 16.0 Å². The lowest BCUT2D eigenvalue weighted by Crippen LogP contribution is -2.33. The van der Waals surface area contributed by atoms with E-state index in [1.165, 1.54) is 22.8 Å². The molecule has 26 heavy (non-hydrogen) atoms. The smallest absolute Gasteiger partial charge is 0.418 e. The summed E-state index contributed by atoms with van der Waals surface area (Å²) in [6, 6.07) is 10.8. The van der Waals surface area contributed by atoms with Crippen LogP contribution in [0.2, 0.25) is 0 Å². The number of hydrogen-bond acceptors (Lipinski definition) is 4. The normalized spacial score (nSPS) is 10.7. The Bertz CT molecular complexity index is 959. The monoisotopic (exact) mass is 416 g/mol. The average molecular weight is 417 g/mol. The molecule has 0 aliphatic heterocycles. The van der Waals surface area contributed by atoms with Crippen molar-refractivity contribution in [1.82, 2.24) is 4.57 Å². The minimum absolute atomic E-state index is 0.103. The van der Waals surface area contributed by atoms with Gasteiger partial charge >= 0.3 is 6.09 Å². The third kappa shape index (κ3) is 3.57. The Hall–Kier alpha value is -2.80. The predicted molar refractivity (Wildman–Crippen MR) is 103 cm³/mol. The highest BCUT2D eigenvalue weighted by molar-refractivity contribution is 9.11. The van der Waals surface area contributed by atoms with E-state index in [1.807, 2.05) is 24.3 Å². The second-order valence-electron chi connectivity index (χ2n) is 5.64. The van der Waals surface area contributed by atoms with Gasteiger partial charge in [-0.2, -0.15) is 0 Å². The van der Waals surface area contributed by atoms with Crippen molar-refractivity contribution < 1.29 is 18.7 Å². The Morgan fingerprint density at radius 1 is 1.27 bits per heavy atom. The van der Waals surface area contributed by atoms with E-state index in [-0.39, 0.29) is 18.9 Å². The summed E-state index contributed by atoms with van der Waals surface area (Å²) < 4.78 is 12.2. The SMILES string of the molecule is C=C(Br)CN(C(=O)Cc1cn(C(=O)OC)c2ccccc12)c1ccco1. The van der Waals surface area contributed by atoms with Crippen molar-refractivity contribution in [2.24, 2.45) is 0 Å². The van der Waals surface area contributed by atoms with Crippen LogP contribution in [-0.4, -0.2) is 30.2 Å². The molecule has 3 aromatic rings. The maximum absolute atomic E-state index is 12.9. The Kier molecular flexibility index (Phi) is 5.27. The molecule has 0 radical (unpaired) electrons. The fourth-order valence-electron chi connectivity index (χ4n) is 2.78. The first-order chi connectivity index (χ1) is 12.5. The summed E-state index contributed by atoms with van der Waals surface area (Å²) in [5.41, 5.74) is 1.42. The second-order valence-corrected chi connectivity index (χ2v) is 6.76. The number of carbonyl (C=O) groups is 2. The summed E-state index contributed by atoms with van der Waals surface area (Å²) in [6.45, 7) is 4.08. The van der Waals surface area contributed by atoms with Crippen LogP contribution in [0, 0.1) is 0 Å². The molecule has 0 unspecified atom stereocenters. The first kappa shape index (κ1) is 18.0. The lowest BCUT2D eigenvalue weighted by atomic mass is 10.1. The summed E-state index contributed by atoms with van der Waals surface area (Å²) in [7, 11) is 1.32. The number of ether oxygens (including phenoxy) is 1. The van der Waals surface area contributed by atoms with Crippen LogP contribution in [0.1, 0.15) is 5.56 Å². The highest BCUT2D eigenvalue weighted by Crippen LogP contribution is 2.24. The van der Waals surface area contributed by atoms with Crippen molar-refractivity contribution in [2.45, 2.75) is 6.42 Å². The molecule has 0 aliphatic carbocycles. The largest absolute Gasteiger partial charge is 0.452 e. The van der Waals surface area contributed by atoms with E-state index >= 15 is 0 Å². The van der Waals surface area contributed by atoms with Gasteiger partial charge in [0.15, 0.2) is 0 Å². The first-order valence-corrected chi connectivity index (χ1v) is 8.65. The van der Waals surface area contributed by atoms with Crippen molar-refractivity contribution in [1.29, 1.82) is 0 Å². The molecule has 3 rings (SSSR count). The van der Waals surface area contributed by atoms with Gasteiger partial charge in [0.2, 0.25) is 11.8 Å². The molecule has 0 bridgehead atoms. The van der Waals surface area contributed by atoms with Crippen LogP contribution in [0.25, 0.3) is 10.9 Å². The number of nitrogens with zero attached hydrogens (tertiary/aromatic N) is 2. The van der Waals surface area contributed by atoms with Crippen LogP contribution in [0.15, 0.2) is 64.3 Å². The molecule has 1 aromatic carbocycles. The molecule has 0 spiro atoms. The number of benzene rings is 1. The molecule has 0 atom stereocenters. The van der Waals surface area contributed by atoms with E-state index in [9.17, 15) is 9.59 Å². The number of fused-ring (bicyclic) bond motifs is 1. The third-order valence-corrected chi connectivity index (χ3v) is 4.16. The van der Waals surface area contributed by atoms with E-state index in [4.69, 9.17) is 9.15 Å². The zero-order chi connectivity index (χ0) is 18.7. The summed E-state index contributed by atoms with van der Waals surface area (Å²) in [6.07, 6.45) is 2.75. The van der Waals surface area contributed by atoms with Crippen molar-refractivity contribution >= 4 is 44.7 Å². The quantitative estimate of drug-likeness (QED) is 0.620. The van der Waals surface area contributed by atoms with Gasteiger partial charge in [-0.1, -0.05) is 40.7 Å². The Balaban J connectivity index is 1.95. The van der Waals surface area contributed by atoms with Crippen molar-refractivity contribution in [3.8, 4) is 0 Å². The van der Waals surface area contributed by atoms with Gasteiger partial charge in [-0.15, -0.1) is 0 Å². The Labute approximate surface area is 158 Å². The molecule has 0 saturated heterocycles. The van der Waals surface area contributed by atoms with E-state index < -0.39 is 6.09 Å². The average Bonchev–Trinajstić information content (AvgIpc) is 3.27. The Morgan fingerprint density at radius 3 is 2.69 bits per heavy atom. The van der Waals surface area contributed by atoms with Crippen LogP contribution >= 0.6 is 15.9 Å². The lowest BCUT2D eigenvalue weighted by molar-refractivity contribution is -0.118. The van der Waals surface area contributed by atoms with Gasteiger partial charge in [0.1, 0.15) is 0 Å². The zero-order valence-corrected chi connectivity index (χ0v) is 15.7. The maximum Gasteiger partial charge on any atom is 0.418 e. The molecular weight excluding hydrogens is 400 g/mol. The number of carbonyl (C=O) groups excluding carboxylic acids is 2. The number of aromatic nitrogens is 1. The minimum Gasteiger partial charge on any atom is -0.452 e. The summed E-state index contributed by atoms with van der Waals surface area (Å²) >= 11 is 3.29. The van der Waals surface area contributed by atoms with Crippen molar-refractivity contribution in [3.63, 3.8) is 0 Å². The standard InChI is InChI=1S/C19H17BrN2O4/c1-13(20)11-22(18-8-5-9-26-18)17(23)10-14-12-21(19(24)25-2)16-7-4-3-6-15(14)16/h3-9,12H,1,10-11H2,2H3. The molecule has 1 amide bonds. The molecule has 0 N–H and O–H groups in total. The van der Waals surface area contributed by atoms with Gasteiger partial charge < -0.3 is 9.15 Å². The summed E-state index contributed by atoms with van der Waals surface area (Å²) in [5, 5.41) is 0.823. The number of para-hydroxylation sites is 1. The van der Waals surface area contributed by atoms with E-state index in [2.05, 4.69) is 22.5 Å². The lowest BCUT2D eigenvalue weighted by Gasteiger charge is -2.19. The van der Waals surface area contributed by atoms with E-state index in [0.717, 1.165) is 10.9 Å². The highest BCUT2D eigenvalue weighted by atomic mass is 79.9. The van der Waals surface area contributed by atoms with Gasteiger partial charge in [0.25, 0.3) is 0 Å². The van der Waals surface area contributed by atoms with Gasteiger partial charge in [0.05, 0.1) is 31.9 Å². The summed E-state index contributed by atoms with van der Waals surface area (Å²) in [4.78, 5) is 26.4. The zero-order valence-electron chi connectivity index (χ0n) is 14.1. The van der Waals surface area contributed by atoms with Crippen molar-refractivity contribution in [2.75, 3.05) is 18.6 Å². The minimum atomic E-state index is -0.503. The number of furan rings is 1. The van der Waals surface area contributed by atoms with Crippen molar-refractivity contribution in [3.05, 3.63) is 65.5 Å². The molecule has 7 heteroatoms. The molecule has 0 aliphatic rings. The molecule has 6 nitrogen and oxygen atoms in total. The number of methoxy groups -OCH3 is 1. The number of rotatable bonds is 5. The number of halogens is 1. The molecule has 2 aromatic heterocycles. The van der Waals surface area contributed by atoms with Gasteiger partial charge in [-0.3, -0.25) is 14.3 Å². The molecule has 134 valence electrons. The van der Waals surface area contributed by atoms with Gasteiger partial charge in [-0.05, 0) is 17.7 Å². The molecule has 0 fully saturated rings. The Morgan fingerprint density at radius 2 is 2.04 bits per heavy atom. The van der Waals surface area contributed by atoms with E-state index in [0.29, 0.717) is 15.9 Å². The third-order valence-electron chi connectivity index (χ3n) is 3.91. The van der Waals surface area contributed by atoms with Crippen LogP contribution in [0.4, 0.5) is 10.7 Å². The molecule has 2 heterocycles. The topological polar surface area (TPSA) is 64.7 Å². The van der Waals surface area contributed by atoms with Crippen LogP contribution in [0.3, 0.4) is 0 Å². The fraction of sp³-hybridized carbons (Fsp3) is 0.158. The summed E-state index contributed by atoms with van der Waals surface area (Å²) in [5.74, 6) is 0.264.